The Morgan fingerprint density at radius 1 is 0.314 bits per heavy atom. The molecule has 1 aliphatic rings. The van der Waals surface area contributed by atoms with E-state index in [4.69, 9.17) is 0 Å². The molecule has 1 saturated carbocycles. The Morgan fingerprint density at radius 3 is 0.686 bits per heavy atom. The van der Waals surface area contributed by atoms with Gasteiger partial charge in [0.05, 0.1) is 0 Å². The van der Waals surface area contributed by atoms with Crippen LogP contribution in [0.3, 0.4) is 0 Å². The lowest BCUT2D eigenvalue weighted by Crippen LogP contribution is -2.45. The molecular weight excluding hydrogens is 631 g/mol. The first-order valence-corrected chi connectivity index (χ1v) is 22.9. The molecule has 3 amide bonds. The second-order valence-corrected chi connectivity index (χ2v) is 16.2. The van der Waals surface area contributed by atoms with Gasteiger partial charge in [0.15, 0.2) is 0 Å². The molecule has 0 radical (unpaired) electrons. The first-order chi connectivity index (χ1) is 25.0. The molecule has 1 aliphatic carbocycles. The van der Waals surface area contributed by atoms with Crippen LogP contribution < -0.4 is 16.0 Å². The molecule has 0 saturated heterocycles. The van der Waals surface area contributed by atoms with Gasteiger partial charge in [0.1, 0.15) is 0 Å². The van der Waals surface area contributed by atoms with Crippen LogP contribution in [0.4, 0.5) is 0 Å². The molecule has 300 valence electrons. The van der Waals surface area contributed by atoms with E-state index in [2.05, 4.69) is 36.7 Å². The summed E-state index contributed by atoms with van der Waals surface area (Å²) in [5.74, 6) is -0.726. The number of hydrogen-bond donors (Lipinski definition) is 3. The lowest BCUT2D eigenvalue weighted by molar-refractivity contribution is -0.134. The summed E-state index contributed by atoms with van der Waals surface area (Å²) in [5, 5.41) is 9.53. The van der Waals surface area contributed by atoms with Crippen LogP contribution in [-0.4, -0.2) is 37.4 Å². The number of carbonyl (C=O) groups excluding carboxylic acids is 3. The van der Waals surface area contributed by atoms with Crippen LogP contribution in [0.1, 0.15) is 233 Å². The first kappa shape index (κ1) is 47.4. The van der Waals surface area contributed by atoms with E-state index in [1.54, 1.807) is 0 Å². The third-order valence-electron chi connectivity index (χ3n) is 11.3. The molecule has 1 rings (SSSR count). The number of hydrogen-bond acceptors (Lipinski definition) is 3. The molecule has 0 aromatic carbocycles. The van der Waals surface area contributed by atoms with Gasteiger partial charge < -0.3 is 16.0 Å². The molecule has 0 aliphatic heterocycles. The average molecular weight is 718 g/mol. The number of amides is 3. The van der Waals surface area contributed by atoms with Gasteiger partial charge in [-0.2, -0.15) is 0 Å². The Morgan fingerprint density at radius 2 is 0.490 bits per heavy atom. The van der Waals surface area contributed by atoms with Gasteiger partial charge in [0.25, 0.3) is 0 Å². The maximum Gasteiger partial charge on any atom is 0.223 e. The zero-order valence-corrected chi connectivity index (χ0v) is 34.4. The zero-order chi connectivity index (χ0) is 37.0. The maximum absolute atomic E-state index is 13.3. The molecule has 0 heterocycles. The molecule has 51 heavy (non-hydrogen) atoms. The van der Waals surface area contributed by atoms with Crippen LogP contribution in [-0.2, 0) is 14.4 Å². The van der Waals surface area contributed by atoms with E-state index >= 15 is 0 Å². The number of unbranched alkanes of at least 4 members (excludes halogenated alkanes) is 27. The van der Waals surface area contributed by atoms with Crippen molar-refractivity contribution in [3.63, 3.8) is 0 Å². The summed E-state index contributed by atoms with van der Waals surface area (Å²) >= 11 is 0. The molecule has 6 nitrogen and oxygen atoms in total. The molecule has 3 N–H and O–H groups in total. The Hall–Kier alpha value is -1.59. The van der Waals surface area contributed by atoms with Crippen molar-refractivity contribution in [1.82, 2.24) is 16.0 Å². The van der Waals surface area contributed by atoms with Crippen LogP contribution in [0.15, 0.2) is 0 Å². The minimum absolute atomic E-state index is 0.0330. The molecule has 6 heteroatoms. The fourth-order valence-electron chi connectivity index (χ4n) is 7.87. The summed E-state index contributed by atoms with van der Waals surface area (Å²) in [5.41, 5.74) is 0. The van der Waals surface area contributed by atoms with Crippen molar-refractivity contribution < 1.29 is 14.4 Å². The molecule has 0 atom stereocenters. The van der Waals surface area contributed by atoms with Gasteiger partial charge in [-0.15, -0.1) is 0 Å². The first-order valence-electron chi connectivity index (χ1n) is 22.9. The van der Waals surface area contributed by atoms with Crippen LogP contribution >= 0.6 is 0 Å². The quantitative estimate of drug-likeness (QED) is 0.0564. The summed E-state index contributed by atoms with van der Waals surface area (Å²) in [6, 6.07) is 0. The van der Waals surface area contributed by atoms with Crippen LogP contribution in [0.2, 0.25) is 0 Å². The Labute approximate surface area is 317 Å². The van der Waals surface area contributed by atoms with E-state index in [0.717, 1.165) is 38.5 Å². The predicted molar refractivity (Wildman–Crippen MR) is 219 cm³/mol. The molecule has 0 aromatic rings. The highest BCUT2D eigenvalue weighted by molar-refractivity contribution is 5.85. The van der Waals surface area contributed by atoms with Gasteiger partial charge in [-0.05, 0) is 38.5 Å². The fourth-order valence-corrected chi connectivity index (χ4v) is 7.87. The van der Waals surface area contributed by atoms with E-state index in [1.807, 2.05) is 0 Å². The number of rotatable bonds is 36. The maximum atomic E-state index is 13.3. The average Bonchev–Trinajstić information content (AvgIpc) is 3.14. The number of carbonyl (C=O) groups is 3. The van der Waals surface area contributed by atoms with Gasteiger partial charge in [0, 0.05) is 37.4 Å². The molecular formula is C45H87N3O3. The third kappa shape index (κ3) is 27.6. The normalized spacial score (nSPS) is 17.4. The van der Waals surface area contributed by atoms with Crippen molar-refractivity contribution >= 4 is 17.7 Å². The summed E-state index contributed by atoms with van der Waals surface area (Å²) in [4.78, 5) is 40.0. The van der Waals surface area contributed by atoms with E-state index in [9.17, 15) is 14.4 Å². The van der Waals surface area contributed by atoms with E-state index in [0.29, 0.717) is 38.9 Å². The smallest absolute Gasteiger partial charge is 0.223 e. The van der Waals surface area contributed by atoms with Gasteiger partial charge in [-0.1, -0.05) is 194 Å². The van der Waals surface area contributed by atoms with E-state index in [-0.39, 0.29) is 35.5 Å². The van der Waals surface area contributed by atoms with Crippen molar-refractivity contribution in [2.24, 2.45) is 17.8 Å². The lowest BCUT2D eigenvalue weighted by atomic mass is 9.74. The Balaban J connectivity index is 2.44. The molecule has 0 bridgehead atoms. The topological polar surface area (TPSA) is 87.3 Å². The lowest BCUT2D eigenvalue weighted by Gasteiger charge is -2.33. The van der Waals surface area contributed by atoms with Gasteiger partial charge in [-0.25, -0.2) is 0 Å². The fraction of sp³-hybridized carbons (Fsp3) is 0.933. The van der Waals surface area contributed by atoms with Gasteiger partial charge >= 0.3 is 0 Å². The molecule has 1 fully saturated rings. The van der Waals surface area contributed by atoms with Crippen LogP contribution in [0.25, 0.3) is 0 Å². The zero-order valence-electron chi connectivity index (χ0n) is 34.4. The monoisotopic (exact) mass is 718 g/mol. The highest BCUT2D eigenvalue weighted by Gasteiger charge is 2.38. The van der Waals surface area contributed by atoms with Crippen molar-refractivity contribution in [1.29, 1.82) is 0 Å². The summed E-state index contributed by atoms with van der Waals surface area (Å²) in [6.07, 6.45) is 39.8. The van der Waals surface area contributed by atoms with Crippen LogP contribution in [0.5, 0.6) is 0 Å². The minimum atomic E-state index is -0.275. The van der Waals surface area contributed by atoms with Crippen LogP contribution in [0, 0.1) is 17.8 Å². The summed E-state index contributed by atoms with van der Waals surface area (Å²) < 4.78 is 0. The Bertz CT molecular complexity index is 708. The summed E-state index contributed by atoms with van der Waals surface area (Å²) in [7, 11) is 0. The van der Waals surface area contributed by atoms with Crippen molar-refractivity contribution in [3.05, 3.63) is 0 Å². The second-order valence-electron chi connectivity index (χ2n) is 16.2. The van der Waals surface area contributed by atoms with Crippen molar-refractivity contribution in [2.75, 3.05) is 19.6 Å². The van der Waals surface area contributed by atoms with E-state index in [1.165, 1.54) is 154 Å². The van der Waals surface area contributed by atoms with Crippen molar-refractivity contribution in [3.8, 4) is 0 Å². The number of nitrogens with one attached hydrogen (secondary N) is 3. The minimum Gasteiger partial charge on any atom is -0.356 e. The van der Waals surface area contributed by atoms with E-state index < -0.39 is 0 Å². The highest BCUT2D eigenvalue weighted by atomic mass is 16.2. The Kier molecular flexibility index (Phi) is 33.0. The third-order valence-corrected chi connectivity index (χ3v) is 11.3. The standard InChI is InChI=1S/C45H87N3O3/c1-4-7-10-13-16-19-22-25-28-31-34-46-43(49)40-37-41(44(50)47-35-32-29-26-23-20-17-14-11-8-5-2)39-42(38-40)45(51)48-36-33-30-27-24-21-18-15-12-9-6-3/h40-42H,4-39H2,1-3H3,(H,46,49)(H,47,50)(H,48,51). The largest absolute Gasteiger partial charge is 0.356 e. The highest BCUT2D eigenvalue weighted by Crippen LogP contribution is 2.34. The molecule has 0 unspecified atom stereocenters. The molecule has 0 aromatic heterocycles. The molecule has 0 spiro atoms. The summed E-state index contributed by atoms with van der Waals surface area (Å²) in [6.45, 7) is 8.86. The SMILES string of the molecule is CCCCCCCCCCCCNC(=O)C1CC(C(=O)NCCCCCCCCCCCC)CC(C(=O)NCCCCCCCCCCCC)C1. The van der Waals surface area contributed by atoms with Crippen molar-refractivity contribution in [2.45, 2.75) is 233 Å². The second kappa shape index (κ2) is 35.4. The van der Waals surface area contributed by atoms with Gasteiger partial charge in [-0.3, -0.25) is 14.4 Å². The van der Waals surface area contributed by atoms with Gasteiger partial charge in [0.2, 0.25) is 17.7 Å². The predicted octanol–water partition coefficient (Wildman–Crippen LogP) is 12.1.